The van der Waals surface area contributed by atoms with Gasteiger partial charge in [-0.05, 0) is 23.3 Å². The highest BCUT2D eigenvalue weighted by atomic mass is 16.3. The van der Waals surface area contributed by atoms with Crippen LogP contribution in [0.15, 0.2) is 48.8 Å². The van der Waals surface area contributed by atoms with Gasteiger partial charge in [-0.1, -0.05) is 25.3 Å². The average Bonchev–Trinajstić information content (AvgIpc) is 2.08. The Labute approximate surface area is 77.5 Å². The molecule has 2 nitrogen and oxygen atoms in total. The Morgan fingerprint density at radius 3 is 2.15 bits per heavy atom. The van der Waals surface area contributed by atoms with Crippen molar-refractivity contribution in [3.8, 4) is 5.75 Å². The molecule has 0 bridgehead atoms. The van der Waals surface area contributed by atoms with Gasteiger partial charge in [-0.2, -0.15) is 0 Å². The summed E-state index contributed by atoms with van der Waals surface area (Å²) in [7, 11) is 0. The summed E-state index contributed by atoms with van der Waals surface area (Å²) < 4.78 is 0. The molecule has 0 radical (unpaired) electrons. The van der Waals surface area contributed by atoms with Crippen molar-refractivity contribution in [2.45, 2.75) is 6.42 Å². The summed E-state index contributed by atoms with van der Waals surface area (Å²) in [5, 5.41) is 18.0. The lowest BCUT2D eigenvalue weighted by Crippen LogP contribution is -1.91. The highest BCUT2D eigenvalue weighted by Crippen LogP contribution is 2.14. The zero-order valence-electron chi connectivity index (χ0n) is 7.33. The lowest BCUT2D eigenvalue weighted by atomic mass is 10.1. The van der Waals surface area contributed by atoms with E-state index >= 15 is 0 Å². The van der Waals surface area contributed by atoms with Crippen LogP contribution < -0.4 is 0 Å². The van der Waals surface area contributed by atoms with E-state index in [4.69, 9.17) is 10.2 Å². The van der Waals surface area contributed by atoms with E-state index in [1.807, 2.05) is 0 Å². The number of benzene rings is 1. The SMILES string of the molecule is C=C(O)C(=C)Cc1ccc(O)cc1. The number of aliphatic hydroxyl groups is 1. The molecule has 0 aliphatic carbocycles. The molecule has 2 heteroatoms. The largest absolute Gasteiger partial charge is 0.508 e. The second-order valence-corrected chi connectivity index (χ2v) is 2.89. The van der Waals surface area contributed by atoms with Gasteiger partial charge in [0, 0.05) is 6.42 Å². The minimum Gasteiger partial charge on any atom is -0.508 e. The number of phenolic OH excluding ortho intramolecular Hbond substituents is 1. The molecule has 0 fully saturated rings. The molecule has 1 rings (SSSR count). The van der Waals surface area contributed by atoms with E-state index in [9.17, 15) is 0 Å². The number of phenols is 1. The topological polar surface area (TPSA) is 40.5 Å². The van der Waals surface area contributed by atoms with Gasteiger partial charge in [0.2, 0.25) is 0 Å². The Kier molecular flexibility index (Phi) is 2.75. The van der Waals surface area contributed by atoms with Crippen LogP contribution in [0, 0.1) is 0 Å². The van der Waals surface area contributed by atoms with Crippen molar-refractivity contribution in [2.75, 3.05) is 0 Å². The third-order valence-corrected chi connectivity index (χ3v) is 1.76. The van der Waals surface area contributed by atoms with Crippen molar-refractivity contribution in [1.29, 1.82) is 0 Å². The summed E-state index contributed by atoms with van der Waals surface area (Å²) in [6, 6.07) is 6.76. The number of hydrogen-bond acceptors (Lipinski definition) is 2. The third-order valence-electron chi connectivity index (χ3n) is 1.76. The predicted octanol–water partition coefficient (Wildman–Crippen LogP) is 2.56. The first kappa shape index (κ1) is 9.39. The van der Waals surface area contributed by atoms with Gasteiger partial charge in [0.15, 0.2) is 0 Å². The van der Waals surface area contributed by atoms with Crippen molar-refractivity contribution >= 4 is 0 Å². The molecule has 0 aliphatic heterocycles. The van der Waals surface area contributed by atoms with Crippen LogP contribution in [0.4, 0.5) is 0 Å². The summed E-state index contributed by atoms with van der Waals surface area (Å²) >= 11 is 0. The van der Waals surface area contributed by atoms with Crippen LogP contribution in [0.3, 0.4) is 0 Å². The first-order chi connectivity index (χ1) is 6.09. The van der Waals surface area contributed by atoms with E-state index in [0.29, 0.717) is 12.0 Å². The molecule has 0 unspecified atom stereocenters. The minimum absolute atomic E-state index is 0.00748. The fourth-order valence-corrected chi connectivity index (χ4v) is 0.962. The Bertz CT molecular complexity index is 322. The van der Waals surface area contributed by atoms with E-state index < -0.39 is 0 Å². The smallest absolute Gasteiger partial charge is 0.115 e. The van der Waals surface area contributed by atoms with Gasteiger partial charge in [0.25, 0.3) is 0 Å². The van der Waals surface area contributed by atoms with Gasteiger partial charge >= 0.3 is 0 Å². The summed E-state index contributed by atoms with van der Waals surface area (Å²) in [6.07, 6.45) is 0.551. The van der Waals surface area contributed by atoms with Crippen LogP contribution in [0.5, 0.6) is 5.75 Å². The standard InChI is InChI=1S/C11H12O2/c1-8(9(2)12)7-10-3-5-11(13)6-4-10/h3-6,12-13H,1-2,7H2. The molecule has 2 N–H and O–H groups in total. The van der Waals surface area contributed by atoms with Crippen molar-refractivity contribution in [3.05, 3.63) is 54.3 Å². The molecule has 1 aromatic rings. The molecule has 0 heterocycles. The Balaban J connectivity index is 2.70. The highest BCUT2D eigenvalue weighted by molar-refractivity contribution is 5.31. The fourth-order valence-electron chi connectivity index (χ4n) is 0.962. The number of rotatable bonds is 3. The Morgan fingerprint density at radius 1 is 1.15 bits per heavy atom. The van der Waals surface area contributed by atoms with Crippen LogP contribution in [0.1, 0.15) is 5.56 Å². The number of allylic oxidation sites excluding steroid dienone is 1. The summed E-state index contributed by atoms with van der Waals surface area (Å²) in [5.74, 6) is 0.241. The molecule has 0 aromatic heterocycles. The third kappa shape index (κ3) is 2.67. The number of aromatic hydroxyl groups is 1. The maximum Gasteiger partial charge on any atom is 0.115 e. The highest BCUT2D eigenvalue weighted by Gasteiger charge is 1.99. The monoisotopic (exact) mass is 176 g/mol. The lowest BCUT2D eigenvalue weighted by molar-refractivity contribution is 0.424. The molecule has 0 amide bonds. The lowest BCUT2D eigenvalue weighted by Gasteiger charge is -2.03. The maximum absolute atomic E-state index is 9.01. The quantitative estimate of drug-likeness (QED) is 0.549. The van der Waals surface area contributed by atoms with E-state index in [-0.39, 0.29) is 11.5 Å². The molecule has 0 aliphatic rings. The van der Waals surface area contributed by atoms with E-state index in [1.54, 1.807) is 24.3 Å². The normalized spacial score (nSPS) is 9.54. The second-order valence-electron chi connectivity index (χ2n) is 2.89. The Morgan fingerprint density at radius 2 is 1.69 bits per heavy atom. The van der Waals surface area contributed by atoms with Crippen LogP contribution in [0.25, 0.3) is 0 Å². The van der Waals surface area contributed by atoms with Gasteiger partial charge in [-0.15, -0.1) is 0 Å². The maximum atomic E-state index is 9.01. The zero-order chi connectivity index (χ0) is 9.84. The predicted molar refractivity (Wildman–Crippen MR) is 52.7 cm³/mol. The van der Waals surface area contributed by atoms with Crippen molar-refractivity contribution in [2.24, 2.45) is 0 Å². The number of hydrogen-bond donors (Lipinski definition) is 2. The van der Waals surface area contributed by atoms with Crippen LogP contribution in [0.2, 0.25) is 0 Å². The fraction of sp³-hybridized carbons (Fsp3) is 0.0909. The van der Waals surface area contributed by atoms with Gasteiger partial charge in [0.05, 0.1) is 0 Å². The summed E-state index contributed by atoms with van der Waals surface area (Å²) in [6.45, 7) is 7.04. The van der Waals surface area contributed by atoms with Crippen molar-refractivity contribution in [1.82, 2.24) is 0 Å². The van der Waals surface area contributed by atoms with Gasteiger partial charge < -0.3 is 10.2 Å². The summed E-state index contributed by atoms with van der Waals surface area (Å²) in [5.41, 5.74) is 1.57. The van der Waals surface area contributed by atoms with Crippen LogP contribution in [-0.4, -0.2) is 10.2 Å². The molecule has 0 atom stereocenters. The van der Waals surface area contributed by atoms with Crippen molar-refractivity contribution < 1.29 is 10.2 Å². The molecule has 0 saturated carbocycles. The van der Waals surface area contributed by atoms with E-state index in [0.717, 1.165) is 5.56 Å². The Hall–Kier alpha value is -1.70. The average molecular weight is 176 g/mol. The summed E-state index contributed by atoms with van der Waals surface area (Å²) in [4.78, 5) is 0. The molecule has 13 heavy (non-hydrogen) atoms. The minimum atomic E-state index is 0.00748. The van der Waals surface area contributed by atoms with E-state index in [2.05, 4.69) is 13.2 Å². The van der Waals surface area contributed by atoms with Crippen molar-refractivity contribution in [3.63, 3.8) is 0 Å². The van der Waals surface area contributed by atoms with Crippen LogP contribution in [-0.2, 0) is 6.42 Å². The van der Waals surface area contributed by atoms with E-state index in [1.165, 1.54) is 0 Å². The molecule has 0 spiro atoms. The van der Waals surface area contributed by atoms with Crippen LogP contribution >= 0.6 is 0 Å². The molecule has 1 aromatic carbocycles. The molecular weight excluding hydrogens is 164 g/mol. The molecule has 68 valence electrons. The molecule has 0 saturated heterocycles. The first-order valence-corrected chi connectivity index (χ1v) is 3.93. The van der Waals surface area contributed by atoms with Gasteiger partial charge in [-0.3, -0.25) is 0 Å². The number of aliphatic hydroxyl groups excluding tert-OH is 1. The van der Waals surface area contributed by atoms with Gasteiger partial charge in [-0.25, -0.2) is 0 Å². The first-order valence-electron chi connectivity index (χ1n) is 3.93. The second kappa shape index (κ2) is 3.81. The molecular formula is C11H12O2. The zero-order valence-corrected chi connectivity index (χ0v) is 7.33. The van der Waals surface area contributed by atoms with Gasteiger partial charge in [0.1, 0.15) is 11.5 Å².